The van der Waals surface area contributed by atoms with Crippen molar-refractivity contribution in [3.8, 4) is 0 Å². The summed E-state index contributed by atoms with van der Waals surface area (Å²) in [6.07, 6.45) is 0. The Morgan fingerprint density at radius 2 is 2.20 bits per heavy atom. The molecule has 0 spiro atoms. The summed E-state index contributed by atoms with van der Waals surface area (Å²) >= 11 is 0. The highest BCUT2D eigenvalue weighted by Gasteiger charge is 1.73. The first-order valence-corrected chi connectivity index (χ1v) is 1.03. The Hall–Kier alpha value is -0.730. The molecule has 0 bridgehead atoms. The molecular weight excluding hydrogens is 68.0 g/mol. The fourth-order valence-corrected chi connectivity index (χ4v) is 0. The van der Waals surface area contributed by atoms with E-state index in [0.717, 1.165) is 0 Å². The van der Waals surface area contributed by atoms with Crippen LogP contribution in [0, 0.1) is 7.05 Å². The Kier molecular flexibility index (Phi) is 1.35. The minimum absolute atomic E-state index is 0.718. The van der Waals surface area contributed by atoms with Gasteiger partial charge in [-0.25, -0.2) is 4.79 Å². The van der Waals surface area contributed by atoms with Gasteiger partial charge in [-0.3, -0.25) is 0 Å². The molecule has 0 fully saturated rings. The van der Waals surface area contributed by atoms with Crippen LogP contribution < -0.4 is 11.1 Å². The summed E-state index contributed by atoms with van der Waals surface area (Å²) in [5.74, 6) is 0. The first-order valence-electron chi connectivity index (χ1n) is 1.03. The molecule has 0 saturated carbocycles. The predicted octanol–water partition coefficient (Wildman–Crippen LogP) is -0.677. The lowest BCUT2D eigenvalue weighted by Crippen LogP contribution is -2.22. The smallest absolute Gasteiger partial charge is 0.312 e. The van der Waals surface area contributed by atoms with Gasteiger partial charge in [0.15, 0.2) is 0 Å². The maximum atomic E-state index is 9.35. The molecule has 3 N–H and O–H groups in total. The lowest BCUT2D eigenvalue weighted by atomic mass is 11.1. The van der Waals surface area contributed by atoms with Crippen molar-refractivity contribution >= 4 is 6.03 Å². The number of urea groups is 1. The number of amides is 2. The minimum Gasteiger partial charge on any atom is -0.352 e. The SMILES string of the molecule is [CH]NC(N)=O. The van der Waals surface area contributed by atoms with Crippen LogP contribution in [0.1, 0.15) is 0 Å². The number of rotatable bonds is 0. The number of nitrogens with two attached hydrogens (primary N) is 1. The van der Waals surface area contributed by atoms with Crippen molar-refractivity contribution in [2.45, 2.75) is 0 Å². The quantitative estimate of drug-likeness (QED) is 0.366. The van der Waals surface area contributed by atoms with Gasteiger partial charge in [0.1, 0.15) is 0 Å². The topological polar surface area (TPSA) is 55.1 Å². The van der Waals surface area contributed by atoms with E-state index >= 15 is 0 Å². The first-order chi connectivity index (χ1) is 2.27. The van der Waals surface area contributed by atoms with E-state index in [1.165, 1.54) is 0 Å². The molecule has 0 aliphatic carbocycles. The summed E-state index contributed by atoms with van der Waals surface area (Å²) in [7, 11) is 4.45. The molecular formula is C2H4N2O. The van der Waals surface area contributed by atoms with Gasteiger partial charge in [-0.1, -0.05) is 0 Å². The fourth-order valence-electron chi connectivity index (χ4n) is 0. The van der Waals surface area contributed by atoms with Gasteiger partial charge >= 0.3 is 6.03 Å². The average molecular weight is 72.1 g/mol. The molecule has 0 saturated heterocycles. The maximum absolute atomic E-state index is 9.35. The van der Waals surface area contributed by atoms with Crippen LogP contribution in [0.3, 0.4) is 0 Å². The largest absolute Gasteiger partial charge is 0.352 e. The number of hydrogen-bond donors (Lipinski definition) is 2. The molecule has 5 heavy (non-hydrogen) atoms. The van der Waals surface area contributed by atoms with E-state index in [1.807, 2.05) is 0 Å². The monoisotopic (exact) mass is 72.0 g/mol. The molecule has 3 nitrogen and oxygen atoms in total. The van der Waals surface area contributed by atoms with E-state index in [4.69, 9.17) is 0 Å². The molecule has 2 amide bonds. The van der Waals surface area contributed by atoms with Gasteiger partial charge in [0, 0.05) is 0 Å². The second-order valence-electron chi connectivity index (χ2n) is 0.509. The molecule has 28 valence electrons. The van der Waals surface area contributed by atoms with Crippen molar-refractivity contribution in [3.05, 3.63) is 7.05 Å². The van der Waals surface area contributed by atoms with E-state index in [-0.39, 0.29) is 0 Å². The van der Waals surface area contributed by atoms with E-state index in [9.17, 15) is 4.79 Å². The van der Waals surface area contributed by atoms with Crippen LogP contribution in [0.15, 0.2) is 0 Å². The highest BCUT2D eigenvalue weighted by molar-refractivity contribution is 5.71. The van der Waals surface area contributed by atoms with Crippen LogP contribution in [-0.2, 0) is 0 Å². The van der Waals surface area contributed by atoms with Gasteiger partial charge in [-0.2, -0.15) is 0 Å². The lowest BCUT2D eigenvalue weighted by molar-refractivity contribution is 0.252. The summed E-state index contributed by atoms with van der Waals surface area (Å²) < 4.78 is 0. The highest BCUT2D eigenvalue weighted by Crippen LogP contribution is 1.41. The van der Waals surface area contributed by atoms with E-state index in [1.54, 1.807) is 5.32 Å². The fraction of sp³-hybridized carbons (Fsp3) is 0. The molecule has 0 aromatic heterocycles. The second kappa shape index (κ2) is 1.58. The van der Waals surface area contributed by atoms with Crippen molar-refractivity contribution < 1.29 is 4.79 Å². The third-order valence-electron chi connectivity index (χ3n) is 0.142. The summed E-state index contributed by atoms with van der Waals surface area (Å²) in [6, 6.07) is -0.718. The van der Waals surface area contributed by atoms with Crippen LogP contribution in [0.25, 0.3) is 0 Å². The van der Waals surface area contributed by atoms with Crippen molar-refractivity contribution in [2.75, 3.05) is 0 Å². The number of carbonyl (C=O) groups excluding carboxylic acids is 1. The highest BCUT2D eigenvalue weighted by atomic mass is 16.2. The molecule has 0 aliphatic heterocycles. The Balaban J connectivity index is 2.85. The average Bonchev–Trinajstić information content (AvgIpc) is 1.38. The van der Waals surface area contributed by atoms with Crippen LogP contribution in [-0.4, -0.2) is 6.03 Å². The summed E-state index contributed by atoms with van der Waals surface area (Å²) in [6.45, 7) is 0. The van der Waals surface area contributed by atoms with Crippen molar-refractivity contribution in [2.24, 2.45) is 5.73 Å². The van der Waals surface area contributed by atoms with Crippen molar-refractivity contribution in [3.63, 3.8) is 0 Å². The molecule has 0 aromatic rings. The minimum atomic E-state index is -0.718. The Morgan fingerprint density at radius 1 is 2.00 bits per heavy atom. The van der Waals surface area contributed by atoms with E-state index in [0.29, 0.717) is 0 Å². The summed E-state index contributed by atoms with van der Waals surface area (Å²) in [4.78, 5) is 9.35. The molecule has 0 aliphatic rings. The predicted molar refractivity (Wildman–Crippen MR) is 17.0 cm³/mol. The summed E-state index contributed by atoms with van der Waals surface area (Å²) in [5.41, 5.74) is 4.42. The number of nitrogens with one attached hydrogen (secondary N) is 1. The number of carbonyl (C=O) groups is 1. The normalized spacial score (nSPS) is 6.60. The zero-order valence-corrected chi connectivity index (χ0v) is 2.56. The van der Waals surface area contributed by atoms with Crippen molar-refractivity contribution in [1.82, 2.24) is 5.32 Å². The lowest BCUT2D eigenvalue weighted by Gasteiger charge is -1.79. The molecule has 0 atom stereocenters. The second-order valence-corrected chi connectivity index (χ2v) is 0.509. The van der Waals surface area contributed by atoms with Crippen LogP contribution in [0.5, 0.6) is 0 Å². The zero-order valence-electron chi connectivity index (χ0n) is 2.56. The van der Waals surface area contributed by atoms with Gasteiger partial charge in [0.2, 0.25) is 0 Å². The van der Waals surface area contributed by atoms with Gasteiger partial charge in [-0.05, 0) is 0 Å². The standard InChI is InChI=1S/C2H4N2O/c1-4-2(3)5/h1H,(H3,3,4,5). The molecule has 2 radical (unpaired) electrons. The maximum Gasteiger partial charge on any atom is 0.312 e. The van der Waals surface area contributed by atoms with Gasteiger partial charge < -0.3 is 11.1 Å². The molecule has 0 aromatic carbocycles. The number of hydrogen-bond acceptors (Lipinski definition) is 1. The molecule has 0 heterocycles. The van der Waals surface area contributed by atoms with Crippen LogP contribution in [0.2, 0.25) is 0 Å². The van der Waals surface area contributed by atoms with Gasteiger partial charge in [-0.15, -0.1) is 0 Å². The van der Waals surface area contributed by atoms with Gasteiger partial charge in [0.05, 0.1) is 7.05 Å². The Morgan fingerprint density at radius 3 is 2.20 bits per heavy atom. The van der Waals surface area contributed by atoms with Crippen LogP contribution in [0.4, 0.5) is 4.79 Å². The number of primary amides is 1. The molecule has 0 rings (SSSR count). The first kappa shape index (κ1) is 4.27. The van der Waals surface area contributed by atoms with E-state index in [2.05, 4.69) is 12.8 Å². The molecule has 3 heteroatoms. The van der Waals surface area contributed by atoms with Gasteiger partial charge in [0.25, 0.3) is 0 Å². The third kappa shape index (κ3) is 3.27. The molecule has 0 unspecified atom stereocenters. The zero-order chi connectivity index (χ0) is 4.28. The van der Waals surface area contributed by atoms with Crippen molar-refractivity contribution in [1.29, 1.82) is 0 Å². The Labute approximate surface area is 30.2 Å². The summed E-state index contributed by atoms with van der Waals surface area (Å²) in [5, 5.41) is 1.67. The van der Waals surface area contributed by atoms with E-state index < -0.39 is 6.03 Å². The third-order valence-corrected chi connectivity index (χ3v) is 0.142. The van der Waals surface area contributed by atoms with Crippen LogP contribution >= 0.6 is 0 Å². The Bertz CT molecular complexity index is 42.9.